The monoisotopic (exact) mass is 475 g/mol. The van der Waals surface area contributed by atoms with E-state index < -0.39 is 29.8 Å². The zero-order valence-corrected chi connectivity index (χ0v) is 20.1. The zero-order chi connectivity index (χ0) is 24.9. The van der Waals surface area contributed by atoms with Crippen molar-refractivity contribution in [2.45, 2.75) is 70.6 Å². The Balaban J connectivity index is 1.49. The van der Waals surface area contributed by atoms with E-state index in [-0.39, 0.29) is 36.1 Å². The van der Waals surface area contributed by atoms with Gasteiger partial charge in [0.1, 0.15) is 11.6 Å². The highest BCUT2D eigenvalue weighted by molar-refractivity contribution is 5.67. The SMILES string of the molecule is C[C@@H](OC[C@H](O)CNC(C)(C)CC1Cc2ccccc2C1)c1cc(F)cc(F)c1CCC(=O)O. The lowest BCUT2D eigenvalue weighted by Crippen LogP contribution is -2.45. The second-order valence-corrected chi connectivity index (χ2v) is 9.99. The molecule has 3 N–H and O–H groups in total. The summed E-state index contributed by atoms with van der Waals surface area (Å²) in [4.78, 5) is 10.9. The van der Waals surface area contributed by atoms with Gasteiger partial charge >= 0.3 is 5.97 Å². The van der Waals surface area contributed by atoms with Crippen molar-refractivity contribution in [3.05, 3.63) is 70.3 Å². The molecule has 0 bridgehead atoms. The number of halogens is 2. The molecule has 0 fully saturated rings. The number of ether oxygens (including phenoxy) is 1. The topological polar surface area (TPSA) is 78.8 Å². The van der Waals surface area contributed by atoms with Crippen molar-refractivity contribution < 1.29 is 28.5 Å². The number of aliphatic hydroxyl groups excluding tert-OH is 1. The molecule has 0 saturated carbocycles. The number of aliphatic hydroxyl groups is 1. The molecule has 0 saturated heterocycles. The predicted octanol–water partition coefficient (Wildman–Crippen LogP) is 4.59. The Morgan fingerprint density at radius 2 is 1.85 bits per heavy atom. The van der Waals surface area contributed by atoms with Crippen molar-refractivity contribution in [3.8, 4) is 0 Å². The highest BCUT2D eigenvalue weighted by Gasteiger charge is 2.28. The van der Waals surface area contributed by atoms with Crippen LogP contribution < -0.4 is 5.32 Å². The van der Waals surface area contributed by atoms with Crippen molar-refractivity contribution >= 4 is 5.97 Å². The van der Waals surface area contributed by atoms with Crippen LogP contribution in [0.15, 0.2) is 36.4 Å². The molecule has 1 aliphatic carbocycles. The van der Waals surface area contributed by atoms with Crippen LogP contribution >= 0.6 is 0 Å². The van der Waals surface area contributed by atoms with Crippen molar-refractivity contribution in [2.75, 3.05) is 13.2 Å². The molecule has 0 unspecified atom stereocenters. The molecule has 0 spiro atoms. The minimum atomic E-state index is -1.06. The smallest absolute Gasteiger partial charge is 0.303 e. The fourth-order valence-electron chi connectivity index (χ4n) is 4.87. The number of nitrogens with one attached hydrogen (secondary N) is 1. The molecule has 34 heavy (non-hydrogen) atoms. The molecular formula is C27H35F2NO4. The Bertz CT molecular complexity index is 970. The zero-order valence-electron chi connectivity index (χ0n) is 20.1. The summed E-state index contributed by atoms with van der Waals surface area (Å²) in [5.74, 6) is -2.04. The van der Waals surface area contributed by atoms with Gasteiger partial charge in [-0.3, -0.25) is 4.79 Å². The molecule has 2 aromatic rings. The van der Waals surface area contributed by atoms with Gasteiger partial charge in [-0.1, -0.05) is 24.3 Å². The summed E-state index contributed by atoms with van der Waals surface area (Å²) in [6.45, 7) is 6.19. The lowest BCUT2D eigenvalue weighted by Gasteiger charge is -2.31. The molecule has 0 heterocycles. The summed E-state index contributed by atoms with van der Waals surface area (Å²) in [7, 11) is 0. The lowest BCUT2D eigenvalue weighted by molar-refractivity contribution is -0.136. The molecule has 2 aromatic carbocycles. The van der Waals surface area contributed by atoms with Gasteiger partial charge in [0, 0.05) is 24.6 Å². The van der Waals surface area contributed by atoms with Crippen LogP contribution in [0.25, 0.3) is 0 Å². The molecule has 5 nitrogen and oxygen atoms in total. The second kappa shape index (κ2) is 11.4. The van der Waals surface area contributed by atoms with Gasteiger partial charge in [0.25, 0.3) is 0 Å². The second-order valence-electron chi connectivity index (χ2n) is 9.99. The molecule has 0 amide bonds. The van der Waals surface area contributed by atoms with E-state index >= 15 is 0 Å². The summed E-state index contributed by atoms with van der Waals surface area (Å²) >= 11 is 0. The summed E-state index contributed by atoms with van der Waals surface area (Å²) in [6, 6.07) is 10.4. The van der Waals surface area contributed by atoms with E-state index in [2.05, 4.69) is 43.4 Å². The van der Waals surface area contributed by atoms with E-state index in [4.69, 9.17) is 9.84 Å². The van der Waals surface area contributed by atoms with Gasteiger partial charge in [-0.25, -0.2) is 8.78 Å². The first kappa shape index (κ1) is 26.3. The molecule has 0 radical (unpaired) electrons. The van der Waals surface area contributed by atoms with E-state index in [9.17, 15) is 18.7 Å². The minimum absolute atomic E-state index is 0.0182. The maximum Gasteiger partial charge on any atom is 0.303 e. The molecule has 0 aromatic heterocycles. The number of fused-ring (bicyclic) bond motifs is 1. The molecule has 7 heteroatoms. The first-order valence-electron chi connectivity index (χ1n) is 11.8. The largest absolute Gasteiger partial charge is 0.481 e. The third-order valence-electron chi connectivity index (χ3n) is 6.51. The highest BCUT2D eigenvalue weighted by Crippen LogP contribution is 2.32. The summed E-state index contributed by atoms with van der Waals surface area (Å²) < 4.78 is 33.8. The van der Waals surface area contributed by atoms with Crippen molar-refractivity contribution in [1.29, 1.82) is 0 Å². The van der Waals surface area contributed by atoms with E-state index in [1.807, 2.05) is 0 Å². The van der Waals surface area contributed by atoms with Crippen LogP contribution in [-0.4, -0.2) is 41.0 Å². The van der Waals surface area contributed by atoms with Gasteiger partial charge in [-0.05, 0) is 80.7 Å². The number of carboxylic acid groups (broad SMARTS) is 1. The summed E-state index contributed by atoms with van der Waals surface area (Å²) in [5, 5.41) is 22.8. The Morgan fingerprint density at radius 3 is 2.47 bits per heavy atom. The number of aliphatic carboxylic acids is 1. The fourth-order valence-corrected chi connectivity index (χ4v) is 4.87. The average Bonchev–Trinajstić information content (AvgIpc) is 3.16. The molecule has 3 rings (SSSR count). The van der Waals surface area contributed by atoms with Crippen LogP contribution in [-0.2, 0) is 28.8 Å². The van der Waals surface area contributed by atoms with Crippen molar-refractivity contribution in [1.82, 2.24) is 5.32 Å². The number of carboxylic acids is 1. The Hall–Kier alpha value is -2.35. The number of hydrogen-bond acceptors (Lipinski definition) is 4. The van der Waals surface area contributed by atoms with Crippen molar-refractivity contribution in [3.63, 3.8) is 0 Å². The number of rotatable bonds is 12. The van der Waals surface area contributed by atoms with Gasteiger partial charge in [0.05, 0.1) is 18.8 Å². The molecule has 0 aliphatic heterocycles. The third kappa shape index (κ3) is 7.32. The highest BCUT2D eigenvalue weighted by atomic mass is 19.1. The van der Waals surface area contributed by atoms with E-state index in [0.717, 1.165) is 31.4 Å². The molecule has 186 valence electrons. The Morgan fingerprint density at radius 1 is 1.21 bits per heavy atom. The quantitative estimate of drug-likeness (QED) is 0.418. The average molecular weight is 476 g/mol. The maximum atomic E-state index is 14.3. The molecular weight excluding hydrogens is 440 g/mol. The first-order valence-corrected chi connectivity index (χ1v) is 11.8. The number of β-amino-alcohol motifs (C(OH)–C–C–N with tert-alkyl or cyclic N) is 1. The van der Waals surface area contributed by atoms with Crippen LogP contribution in [0.3, 0.4) is 0 Å². The minimum Gasteiger partial charge on any atom is -0.481 e. The van der Waals surface area contributed by atoms with Gasteiger partial charge < -0.3 is 20.3 Å². The van der Waals surface area contributed by atoms with E-state index in [1.54, 1.807) is 6.92 Å². The van der Waals surface area contributed by atoms with Crippen LogP contribution in [0.1, 0.15) is 62.0 Å². The van der Waals surface area contributed by atoms with Crippen LogP contribution in [0, 0.1) is 17.6 Å². The summed E-state index contributed by atoms with van der Waals surface area (Å²) in [5.41, 5.74) is 3.06. The summed E-state index contributed by atoms with van der Waals surface area (Å²) in [6.07, 6.45) is 1.28. The predicted molar refractivity (Wildman–Crippen MR) is 127 cm³/mol. The maximum absolute atomic E-state index is 14.3. The number of hydrogen-bond donors (Lipinski definition) is 3. The van der Waals surface area contributed by atoms with Crippen LogP contribution in [0.4, 0.5) is 8.78 Å². The first-order chi connectivity index (χ1) is 16.0. The standard InChI is InChI=1S/C27H35F2NO4/c1-17(24-12-21(28)13-25(29)23(24)8-9-26(32)33)34-16-22(31)15-30-27(2,3)14-18-10-19-6-4-5-7-20(19)11-18/h4-7,12-13,17-18,22,30-31H,8-11,14-16H2,1-3H3,(H,32,33)/t17-,22-/m1/s1. The van der Waals surface area contributed by atoms with E-state index in [1.165, 1.54) is 11.1 Å². The number of carbonyl (C=O) groups is 1. The van der Waals surface area contributed by atoms with Gasteiger partial charge in [-0.15, -0.1) is 0 Å². The van der Waals surface area contributed by atoms with Crippen molar-refractivity contribution in [2.24, 2.45) is 5.92 Å². The van der Waals surface area contributed by atoms with Gasteiger partial charge in [0.15, 0.2) is 0 Å². The van der Waals surface area contributed by atoms with Crippen LogP contribution in [0.5, 0.6) is 0 Å². The van der Waals surface area contributed by atoms with Gasteiger partial charge in [-0.2, -0.15) is 0 Å². The molecule has 2 atom stereocenters. The lowest BCUT2D eigenvalue weighted by atomic mass is 9.88. The van der Waals surface area contributed by atoms with Crippen LogP contribution in [0.2, 0.25) is 0 Å². The normalized spacial score (nSPS) is 15.8. The van der Waals surface area contributed by atoms with Gasteiger partial charge in [0.2, 0.25) is 0 Å². The Labute approximate surface area is 200 Å². The fraction of sp³-hybridized carbons (Fsp3) is 0.519. The molecule has 1 aliphatic rings. The Kier molecular flexibility index (Phi) is 8.79. The third-order valence-corrected chi connectivity index (χ3v) is 6.51. The number of benzene rings is 2. The van der Waals surface area contributed by atoms with E-state index in [0.29, 0.717) is 12.5 Å².